The number of sulfone groups is 1. The van der Waals surface area contributed by atoms with Crippen LogP contribution in [0.25, 0.3) is 0 Å². The molecule has 0 fully saturated rings. The lowest BCUT2D eigenvalue weighted by molar-refractivity contribution is 0.598. The first kappa shape index (κ1) is 12.2. The van der Waals surface area contributed by atoms with Gasteiger partial charge in [0.25, 0.3) is 0 Å². The monoisotopic (exact) mass is 274 g/mol. The first-order valence-corrected chi connectivity index (χ1v) is 7.73. The zero-order valence-electron chi connectivity index (χ0n) is 10.5. The van der Waals surface area contributed by atoms with Gasteiger partial charge in [0, 0.05) is 6.20 Å². The van der Waals surface area contributed by atoms with Crippen LogP contribution in [-0.4, -0.2) is 19.2 Å². The molecule has 1 unspecified atom stereocenters. The second-order valence-electron chi connectivity index (χ2n) is 4.69. The van der Waals surface area contributed by atoms with Crippen LogP contribution in [0.3, 0.4) is 0 Å². The summed E-state index contributed by atoms with van der Waals surface area (Å²) in [4.78, 5) is 4.69. The third-order valence-electron chi connectivity index (χ3n) is 3.34. The molecule has 0 radical (unpaired) electrons. The van der Waals surface area contributed by atoms with Gasteiger partial charge in [0.15, 0.2) is 9.84 Å². The minimum atomic E-state index is -3.18. The molecule has 2 aromatic rings. The number of rotatable bonds is 2. The Morgan fingerprint density at radius 2 is 2.00 bits per heavy atom. The highest BCUT2D eigenvalue weighted by molar-refractivity contribution is 7.91. The Kier molecular flexibility index (Phi) is 2.78. The maximum atomic E-state index is 12.1. The van der Waals surface area contributed by atoms with E-state index < -0.39 is 9.84 Å². The van der Waals surface area contributed by atoms with Gasteiger partial charge in [-0.15, -0.1) is 0 Å². The summed E-state index contributed by atoms with van der Waals surface area (Å²) in [7, 11) is -3.18. The summed E-state index contributed by atoms with van der Waals surface area (Å²) in [5.74, 6) is 0.821. The molecule has 19 heavy (non-hydrogen) atoms. The highest BCUT2D eigenvalue weighted by atomic mass is 32.2. The minimum Gasteiger partial charge on any atom is -0.362 e. The Labute approximate surface area is 112 Å². The van der Waals surface area contributed by atoms with E-state index in [-0.39, 0.29) is 11.8 Å². The summed E-state index contributed by atoms with van der Waals surface area (Å²) in [5, 5.41) is 3.23. The zero-order chi connectivity index (χ0) is 13.5. The molecule has 1 aromatic heterocycles. The summed E-state index contributed by atoms with van der Waals surface area (Å²) < 4.78 is 24.2. The van der Waals surface area contributed by atoms with Gasteiger partial charge in [0.1, 0.15) is 5.82 Å². The van der Waals surface area contributed by atoms with E-state index in [9.17, 15) is 8.42 Å². The molecule has 0 saturated carbocycles. The van der Waals surface area contributed by atoms with Crippen molar-refractivity contribution in [3.8, 4) is 0 Å². The number of fused-ring (bicyclic) bond motifs is 1. The summed E-state index contributed by atoms with van der Waals surface area (Å²) in [6.07, 6.45) is 1.70. The van der Waals surface area contributed by atoms with Crippen LogP contribution >= 0.6 is 0 Å². The van der Waals surface area contributed by atoms with Crippen molar-refractivity contribution in [1.82, 2.24) is 4.98 Å². The van der Waals surface area contributed by atoms with Crippen molar-refractivity contribution < 1.29 is 8.42 Å². The molecule has 0 spiro atoms. The number of pyridine rings is 1. The van der Waals surface area contributed by atoms with Crippen LogP contribution in [0.15, 0.2) is 47.5 Å². The molecule has 1 N–H and O–H groups in total. The van der Waals surface area contributed by atoms with Crippen LogP contribution in [-0.2, 0) is 9.84 Å². The molecule has 2 heterocycles. The number of aryl methyl sites for hydroxylation is 1. The average Bonchev–Trinajstić information content (AvgIpc) is 2.65. The summed E-state index contributed by atoms with van der Waals surface area (Å²) in [6.45, 7) is 1.95. The molecule has 4 nitrogen and oxygen atoms in total. The van der Waals surface area contributed by atoms with Gasteiger partial charge in [0.05, 0.1) is 16.7 Å². The van der Waals surface area contributed by atoms with Crippen molar-refractivity contribution >= 4 is 15.7 Å². The summed E-state index contributed by atoms with van der Waals surface area (Å²) in [5.41, 5.74) is 1.83. The van der Waals surface area contributed by atoms with Crippen LogP contribution in [0, 0.1) is 6.92 Å². The predicted octanol–water partition coefficient (Wildman–Crippen LogP) is 2.33. The first-order valence-electron chi connectivity index (χ1n) is 6.08. The molecular weight excluding hydrogens is 260 g/mol. The standard InChI is InChI=1S/C14H14N2O2S/c1-10-5-4-8-15-14(10)16-12-9-19(17,18)13-7-3-2-6-11(12)13/h2-8,12H,9H2,1H3,(H,15,16). The maximum absolute atomic E-state index is 12.1. The van der Waals surface area contributed by atoms with Gasteiger partial charge >= 0.3 is 0 Å². The Morgan fingerprint density at radius 3 is 2.79 bits per heavy atom. The number of nitrogens with zero attached hydrogens (tertiary/aromatic N) is 1. The van der Waals surface area contributed by atoms with Crippen LogP contribution in [0.1, 0.15) is 17.2 Å². The number of nitrogens with one attached hydrogen (secondary N) is 1. The third kappa shape index (κ3) is 2.10. The van der Waals surface area contributed by atoms with Crippen molar-refractivity contribution in [1.29, 1.82) is 0 Å². The fraction of sp³-hybridized carbons (Fsp3) is 0.214. The van der Waals surface area contributed by atoms with E-state index in [0.29, 0.717) is 4.90 Å². The van der Waals surface area contributed by atoms with E-state index in [4.69, 9.17) is 0 Å². The largest absolute Gasteiger partial charge is 0.362 e. The van der Waals surface area contributed by atoms with E-state index in [2.05, 4.69) is 10.3 Å². The second kappa shape index (κ2) is 4.35. The quantitative estimate of drug-likeness (QED) is 0.913. The Hall–Kier alpha value is -1.88. The first-order chi connectivity index (χ1) is 9.08. The van der Waals surface area contributed by atoms with E-state index in [1.807, 2.05) is 31.2 Å². The van der Waals surface area contributed by atoms with Crippen molar-refractivity contribution in [2.75, 3.05) is 11.1 Å². The van der Waals surface area contributed by atoms with Crippen molar-refractivity contribution in [2.24, 2.45) is 0 Å². The Bertz CT molecular complexity index is 726. The number of benzene rings is 1. The van der Waals surface area contributed by atoms with Crippen molar-refractivity contribution in [3.63, 3.8) is 0 Å². The highest BCUT2D eigenvalue weighted by Gasteiger charge is 2.34. The molecule has 5 heteroatoms. The van der Waals surface area contributed by atoms with Gasteiger partial charge in [-0.05, 0) is 30.2 Å². The van der Waals surface area contributed by atoms with Gasteiger partial charge in [-0.2, -0.15) is 0 Å². The lowest BCUT2D eigenvalue weighted by Crippen LogP contribution is -2.14. The molecule has 3 rings (SSSR count). The van der Waals surface area contributed by atoms with Crippen LogP contribution < -0.4 is 5.32 Å². The SMILES string of the molecule is Cc1cccnc1NC1CS(=O)(=O)c2ccccc21. The molecule has 1 aliphatic rings. The van der Waals surface area contributed by atoms with Gasteiger partial charge < -0.3 is 5.32 Å². The lowest BCUT2D eigenvalue weighted by atomic mass is 10.1. The maximum Gasteiger partial charge on any atom is 0.181 e. The number of aromatic nitrogens is 1. The normalized spacial score (nSPS) is 19.9. The molecule has 0 saturated heterocycles. The molecule has 0 amide bonds. The fourth-order valence-electron chi connectivity index (χ4n) is 2.37. The summed E-state index contributed by atoms with van der Waals surface area (Å²) >= 11 is 0. The van der Waals surface area contributed by atoms with Gasteiger partial charge in [-0.25, -0.2) is 13.4 Å². The molecule has 1 atom stereocenters. The molecule has 1 aromatic carbocycles. The number of hydrogen-bond donors (Lipinski definition) is 1. The van der Waals surface area contributed by atoms with Gasteiger partial charge in [0.2, 0.25) is 0 Å². The van der Waals surface area contributed by atoms with Gasteiger partial charge in [-0.1, -0.05) is 24.3 Å². The molecule has 0 aliphatic carbocycles. The van der Waals surface area contributed by atoms with Crippen molar-refractivity contribution in [2.45, 2.75) is 17.9 Å². The summed E-state index contributed by atoms with van der Waals surface area (Å²) in [6, 6.07) is 10.7. The minimum absolute atomic E-state index is 0.0857. The average molecular weight is 274 g/mol. The second-order valence-corrected chi connectivity index (χ2v) is 6.69. The lowest BCUT2D eigenvalue weighted by Gasteiger charge is -2.14. The van der Waals surface area contributed by atoms with Crippen LogP contribution in [0.2, 0.25) is 0 Å². The van der Waals surface area contributed by atoms with E-state index >= 15 is 0 Å². The molecule has 98 valence electrons. The topological polar surface area (TPSA) is 59.1 Å². The number of anilines is 1. The third-order valence-corrected chi connectivity index (χ3v) is 5.15. The van der Waals surface area contributed by atoms with E-state index in [1.165, 1.54) is 0 Å². The van der Waals surface area contributed by atoms with Crippen molar-refractivity contribution in [3.05, 3.63) is 53.7 Å². The molecule has 1 aliphatic heterocycles. The van der Waals surface area contributed by atoms with E-state index in [0.717, 1.165) is 16.9 Å². The smallest absolute Gasteiger partial charge is 0.181 e. The highest BCUT2D eigenvalue weighted by Crippen LogP contribution is 2.35. The van der Waals surface area contributed by atoms with Gasteiger partial charge in [-0.3, -0.25) is 0 Å². The Morgan fingerprint density at radius 1 is 1.21 bits per heavy atom. The Balaban J connectivity index is 1.99. The van der Waals surface area contributed by atoms with Crippen LogP contribution in [0.5, 0.6) is 0 Å². The molecular formula is C14H14N2O2S. The van der Waals surface area contributed by atoms with Crippen LogP contribution in [0.4, 0.5) is 5.82 Å². The van der Waals surface area contributed by atoms with E-state index in [1.54, 1.807) is 18.3 Å². The zero-order valence-corrected chi connectivity index (χ0v) is 11.3. The fourth-order valence-corrected chi connectivity index (χ4v) is 4.11. The molecule has 0 bridgehead atoms. The number of hydrogen-bond acceptors (Lipinski definition) is 4. The predicted molar refractivity (Wildman–Crippen MR) is 73.8 cm³/mol.